The minimum absolute atomic E-state index is 0.107. The molecule has 6 heteroatoms. The SMILES string of the molecule is Nc1c(F)cc(C(=O)NCc2cccc(Br)c2)cc1F. The summed E-state index contributed by atoms with van der Waals surface area (Å²) in [6, 6.07) is 9.17. The van der Waals surface area contributed by atoms with E-state index in [0.717, 1.165) is 22.2 Å². The molecule has 2 aromatic carbocycles. The van der Waals surface area contributed by atoms with Crippen LogP contribution in [0.25, 0.3) is 0 Å². The zero-order chi connectivity index (χ0) is 14.7. The molecule has 2 rings (SSSR count). The van der Waals surface area contributed by atoms with Crippen molar-refractivity contribution < 1.29 is 13.6 Å². The van der Waals surface area contributed by atoms with Gasteiger partial charge in [0.05, 0.1) is 0 Å². The quantitative estimate of drug-likeness (QED) is 0.842. The number of anilines is 1. The minimum atomic E-state index is -0.947. The van der Waals surface area contributed by atoms with Gasteiger partial charge in [0.25, 0.3) is 5.91 Å². The van der Waals surface area contributed by atoms with E-state index >= 15 is 0 Å². The maximum atomic E-state index is 13.3. The van der Waals surface area contributed by atoms with Crippen LogP contribution >= 0.6 is 15.9 Å². The van der Waals surface area contributed by atoms with Gasteiger partial charge in [-0.2, -0.15) is 0 Å². The van der Waals surface area contributed by atoms with E-state index in [0.29, 0.717) is 0 Å². The second-order valence-corrected chi connectivity index (χ2v) is 5.08. The molecule has 0 spiro atoms. The molecular weight excluding hydrogens is 330 g/mol. The van der Waals surface area contributed by atoms with Gasteiger partial charge in [0, 0.05) is 16.6 Å². The second kappa shape index (κ2) is 6.00. The highest BCUT2D eigenvalue weighted by Crippen LogP contribution is 2.17. The van der Waals surface area contributed by atoms with Gasteiger partial charge < -0.3 is 11.1 Å². The van der Waals surface area contributed by atoms with Gasteiger partial charge >= 0.3 is 0 Å². The number of nitrogens with two attached hydrogens (primary N) is 1. The molecular formula is C14H11BrF2N2O. The Morgan fingerprint density at radius 3 is 2.45 bits per heavy atom. The maximum absolute atomic E-state index is 13.3. The molecule has 0 fully saturated rings. The third kappa shape index (κ3) is 3.33. The van der Waals surface area contributed by atoms with E-state index in [2.05, 4.69) is 21.2 Å². The first-order valence-corrected chi connectivity index (χ1v) is 6.54. The molecule has 0 heterocycles. The number of hydrogen-bond donors (Lipinski definition) is 2. The smallest absolute Gasteiger partial charge is 0.251 e. The molecule has 0 saturated heterocycles. The number of amides is 1. The third-order valence-electron chi connectivity index (χ3n) is 2.68. The summed E-state index contributed by atoms with van der Waals surface area (Å²) < 4.78 is 27.4. The number of nitrogen functional groups attached to an aromatic ring is 1. The summed E-state index contributed by atoms with van der Waals surface area (Å²) in [5.74, 6) is -2.46. The molecule has 0 bridgehead atoms. The van der Waals surface area contributed by atoms with Crippen LogP contribution in [0.1, 0.15) is 15.9 Å². The first-order valence-electron chi connectivity index (χ1n) is 5.74. The molecule has 0 aliphatic heterocycles. The lowest BCUT2D eigenvalue weighted by Crippen LogP contribution is -2.23. The Morgan fingerprint density at radius 1 is 1.20 bits per heavy atom. The van der Waals surface area contributed by atoms with Gasteiger partial charge in [-0.05, 0) is 29.8 Å². The van der Waals surface area contributed by atoms with E-state index in [4.69, 9.17) is 5.73 Å². The average molecular weight is 341 g/mol. The molecule has 0 radical (unpaired) electrons. The molecule has 0 aliphatic rings. The highest BCUT2D eigenvalue weighted by molar-refractivity contribution is 9.10. The molecule has 0 aliphatic carbocycles. The predicted molar refractivity (Wildman–Crippen MR) is 76.1 cm³/mol. The van der Waals surface area contributed by atoms with E-state index in [1.165, 1.54) is 0 Å². The largest absolute Gasteiger partial charge is 0.394 e. The molecule has 104 valence electrons. The van der Waals surface area contributed by atoms with Crippen molar-refractivity contribution in [2.24, 2.45) is 0 Å². The lowest BCUT2D eigenvalue weighted by atomic mass is 10.1. The van der Waals surface area contributed by atoms with E-state index in [1.807, 2.05) is 24.3 Å². The molecule has 3 N–H and O–H groups in total. The first-order chi connectivity index (χ1) is 9.47. The number of carbonyl (C=O) groups excluding carboxylic acids is 1. The summed E-state index contributed by atoms with van der Waals surface area (Å²) in [6.45, 7) is 0.256. The maximum Gasteiger partial charge on any atom is 0.251 e. The molecule has 1 amide bonds. The molecule has 3 nitrogen and oxygen atoms in total. The van der Waals surface area contributed by atoms with Crippen LogP contribution < -0.4 is 11.1 Å². The molecule has 0 saturated carbocycles. The minimum Gasteiger partial charge on any atom is -0.394 e. The lowest BCUT2D eigenvalue weighted by Gasteiger charge is -2.07. The van der Waals surface area contributed by atoms with Crippen LogP contribution in [0.3, 0.4) is 0 Å². The van der Waals surface area contributed by atoms with Gasteiger partial charge in [-0.15, -0.1) is 0 Å². The molecule has 2 aromatic rings. The summed E-state index contributed by atoms with van der Waals surface area (Å²) in [7, 11) is 0. The van der Waals surface area contributed by atoms with E-state index < -0.39 is 23.2 Å². The number of nitrogens with one attached hydrogen (secondary N) is 1. The van der Waals surface area contributed by atoms with Crippen molar-refractivity contribution in [1.29, 1.82) is 0 Å². The third-order valence-corrected chi connectivity index (χ3v) is 3.18. The van der Waals surface area contributed by atoms with Crippen LogP contribution in [-0.2, 0) is 6.54 Å². The Bertz CT molecular complexity index is 638. The summed E-state index contributed by atoms with van der Waals surface area (Å²) in [5, 5.41) is 2.58. The Morgan fingerprint density at radius 2 is 1.85 bits per heavy atom. The highest BCUT2D eigenvalue weighted by Gasteiger charge is 2.12. The number of benzene rings is 2. The van der Waals surface area contributed by atoms with Crippen molar-refractivity contribution in [3.05, 3.63) is 63.6 Å². The summed E-state index contributed by atoms with van der Waals surface area (Å²) in [4.78, 5) is 11.8. The van der Waals surface area contributed by atoms with Gasteiger partial charge in [0.1, 0.15) is 17.3 Å². The van der Waals surface area contributed by atoms with Crippen molar-refractivity contribution in [3.8, 4) is 0 Å². The number of carbonyl (C=O) groups is 1. The molecule has 20 heavy (non-hydrogen) atoms. The number of halogens is 3. The van der Waals surface area contributed by atoms with Crippen LogP contribution in [0.4, 0.5) is 14.5 Å². The van der Waals surface area contributed by atoms with Crippen molar-refractivity contribution in [2.45, 2.75) is 6.54 Å². The van der Waals surface area contributed by atoms with Crippen molar-refractivity contribution in [1.82, 2.24) is 5.32 Å². The average Bonchev–Trinajstić information content (AvgIpc) is 2.41. The van der Waals surface area contributed by atoms with Gasteiger partial charge in [-0.3, -0.25) is 4.79 Å². The van der Waals surface area contributed by atoms with Gasteiger partial charge in [0.2, 0.25) is 0 Å². The number of rotatable bonds is 3. The summed E-state index contributed by atoms with van der Waals surface area (Å²) in [6.07, 6.45) is 0. The van der Waals surface area contributed by atoms with Gasteiger partial charge in [-0.1, -0.05) is 28.1 Å². The topological polar surface area (TPSA) is 55.1 Å². The van der Waals surface area contributed by atoms with Crippen LogP contribution in [0.5, 0.6) is 0 Å². The van der Waals surface area contributed by atoms with Crippen LogP contribution in [0, 0.1) is 11.6 Å². The fourth-order valence-corrected chi connectivity index (χ4v) is 2.09. The lowest BCUT2D eigenvalue weighted by molar-refractivity contribution is 0.0950. The Labute approximate surface area is 122 Å². The van der Waals surface area contributed by atoms with Crippen molar-refractivity contribution in [3.63, 3.8) is 0 Å². The summed E-state index contributed by atoms with van der Waals surface area (Å²) >= 11 is 3.32. The summed E-state index contributed by atoms with van der Waals surface area (Å²) in [5.41, 5.74) is 5.31. The fraction of sp³-hybridized carbons (Fsp3) is 0.0714. The molecule has 0 aromatic heterocycles. The standard InChI is InChI=1S/C14H11BrF2N2O/c15-10-3-1-2-8(4-10)7-19-14(20)9-5-11(16)13(18)12(17)6-9/h1-6H,7,18H2,(H,19,20). The van der Waals surface area contributed by atoms with Gasteiger partial charge in [-0.25, -0.2) is 8.78 Å². The van der Waals surface area contributed by atoms with Crippen LogP contribution in [0.15, 0.2) is 40.9 Å². The van der Waals surface area contributed by atoms with Crippen molar-refractivity contribution >= 4 is 27.5 Å². The highest BCUT2D eigenvalue weighted by atomic mass is 79.9. The van der Waals surface area contributed by atoms with E-state index in [9.17, 15) is 13.6 Å². The first kappa shape index (κ1) is 14.5. The van der Waals surface area contributed by atoms with Crippen molar-refractivity contribution in [2.75, 3.05) is 5.73 Å². The van der Waals surface area contributed by atoms with Crippen LogP contribution in [0.2, 0.25) is 0 Å². The number of hydrogen-bond acceptors (Lipinski definition) is 2. The fourth-order valence-electron chi connectivity index (χ4n) is 1.65. The molecule has 0 atom stereocenters. The molecule has 0 unspecified atom stereocenters. The Hall–Kier alpha value is -1.95. The zero-order valence-corrected chi connectivity index (χ0v) is 11.9. The normalized spacial score (nSPS) is 10.3. The van der Waals surface area contributed by atoms with E-state index in [-0.39, 0.29) is 12.1 Å². The zero-order valence-electron chi connectivity index (χ0n) is 10.3. The Kier molecular flexibility index (Phi) is 4.34. The monoisotopic (exact) mass is 340 g/mol. The van der Waals surface area contributed by atoms with Crippen LogP contribution in [-0.4, -0.2) is 5.91 Å². The second-order valence-electron chi connectivity index (χ2n) is 4.17. The Balaban J connectivity index is 2.09. The van der Waals surface area contributed by atoms with E-state index in [1.54, 1.807) is 0 Å². The predicted octanol–water partition coefficient (Wildman–Crippen LogP) is 3.24. The van der Waals surface area contributed by atoms with Gasteiger partial charge in [0.15, 0.2) is 0 Å².